The van der Waals surface area contributed by atoms with Crippen LogP contribution in [0.5, 0.6) is 0 Å². The number of amides is 2. The predicted molar refractivity (Wildman–Crippen MR) is 69.3 cm³/mol. The highest BCUT2D eigenvalue weighted by Gasteiger charge is 2.30. The molecule has 1 rings (SSSR count). The summed E-state index contributed by atoms with van der Waals surface area (Å²) in [6, 6.07) is 3.84. The van der Waals surface area contributed by atoms with E-state index in [2.05, 4.69) is 10.6 Å². The summed E-state index contributed by atoms with van der Waals surface area (Å²) < 4.78 is 37.5. The number of aliphatic hydroxyl groups is 1. The molecule has 0 radical (unpaired) electrons. The number of aliphatic hydroxyl groups excluding tert-OH is 1. The molecular formula is C13H17F3N2O2. The Labute approximate surface area is 115 Å². The molecule has 3 N–H and O–H groups in total. The molecule has 0 bridgehead atoms. The number of halogens is 3. The van der Waals surface area contributed by atoms with Gasteiger partial charge >= 0.3 is 12.2 Å². The van der Waals surface area contributed by atoms with Crippen LogP contribution in [0.4, 0.5) is 23.7 Å². The molecule has 0 aromatic heterocycles. The van der Waals surface area contributed by atoms with Crippen LogP contribution in [0.15, 0.2) is 24.3 Å². The molecule has 1 aromatic carbocycles. The van der Waals surface area contributed by atoms with Crippen molar-refractivity contribution in [3.63, 3.8) is 0 Å². The van der Waals surface area contributed by atoms with Gasteiger partial charge in [-0.15, -0.1) is 0 Å². The van der Waals surface area contributed by atoms with Gasteiger partial charge < -0.3 is 15.7 Å². The molecule has 0 saturated carbocycles. The Morgan fingerprint density at radius 2 is 2.10 bits per heavy atom. The van der Waals surface area contributed by atoms with E-state index in [1.54, 1.807) is 0 Å². The van der Waals surface area contributed by atoms with Crippen LogP contribution in [-0.2, 0) is 6.18 Å². The molecule has 2 amide bonds. The predicted octanol–water partition coefficient (Wildman–Crippen LogP) is 2.85. The quantitative estimate of drug-likeness (QED) is 0.781. The second-order valence-corrected chi connectivity index (χ2v) is 4.53. The molecule has 1 unspecified atom stereocenters. The van der Waals surface area contributed by atoms with Gasteiger partial charge in [-0.3, -0.25) is 0 Å². The van der Waals surface area contributed by atoms with Crippen molar-refractivity contribution in [3.05, 3.63) is 29.8 Å². The van der Waals surface area contributed by atoms with Gasteiger partial charge in [-0.1, -0.05) is 13.0 Å². The standard InChI is InChI=1S/C13H17F3N2O2/c1-9(5-6-19)8-17-12(20)18-11-4-2-3-10(7-11)13(14,15)16/h2-4,7,9,19H,5-6,8H2,1H3,(H2,17,18,20). The van der Waals surface area contributed by atoms with Crippen molar-refractivity contribution < 1.29 is 23.1 Å². The fourth-order valence-electron chi connectivity index (χ4n) is 1.54. The lowest BCUT2D eigenvalue weighted by Gasteiger charge is -2.13. The SMILES string of the molecule is CC(CCO)CNC(=O)Nc1cccc(C(F)(F)F)c1. The lowest BCUT2D eigenvalue weighted by molar-refractivity contribution is -0.137. The van der Waals surface area contributed by atoms with Crippen LogP contribution >= 0.6 is 0 Å². The monoisotopic (exact) mass is 290 g/mol. The van der Waals surface area contributed by atoms with Crippen LogP contribution in [0.25, 0.3) is 0 Å². The van der Waals surface area contributed by atoms with Crippen molar-refractivity contribution >= 4 is 11.7 Å². The molecule has 1 aromatic rings. The van der Waals surface area contributed by atoms with Crippen LogP contribution in [0.3, 0.4) is 0 Å². The second-order valence-electron chi connectivity index (χ2n) is 4.53. The number of hydrogen-bond acceptors (Lipinski definition) is 2. The van der Waals surface area contributed by atoms with E-state index < -0.39 is 17.8 Å². The average Bonchev–Trinajstić information content (AvgIpc) is 2.36. The van der Waals surface area contributed by atoms with Gasteiger partial charge in [0.05, 0.1) is 5.56 Å². The lowest BCUT2D eigenvalue weighted by Crippen LogP contribution is -2.32. The number of alkyl halides is 3. The average molecular weight is 290 g/mol. The van der Waals surface area contributed by atoms with E-state index in [-0.39, 0.29) is 18.2 Å². The van der Waals surface area contributed by atoms with Crippen LogP contribution in [0, 0.1) is 5.92 Å². The maximum absolute atomic E-state index is 12.5. The third-order valence-corrected chi connectivity index (χ3v) is 2.68. The molecule has 0 saturated heterocycles. The van der Waals surface area contributed by atoms with Crippen molar-refractivity contribution in [3.8, 4) is 0 Å². The zero-order valence-electron chi connectivity index (χ0n) is 11.0. The van der Waals surface area contributed by atoms with Crippen molar-refractivity contribution in [2.75, 3.05) is 18.5 Å². The highest BCUT2D eigenvalue weighted by atomic mass is 19.4. The minimum atomic E-state index is -4.44. The van der Waals surface area contributed by atoms with E-state index >= 15 is 0 Å². The van der Waals surface area contributed by atoms with Crippen molar-refractivity contribution in [1.29, 1.82) is 0 Å². The third-order valence-electron chi connectivity index (χ3n) is 2.68. The number of carbonyl (C=O) groups is 1. The van der Waals surface area contributed by atoms with Gasteiger partial charge in [0.1, 0.15) is 0 Å². The summed E-state index contributed by atoms with van der Waals surface area (Å²) >= 11 is 0. The largest absolute Gasteiger partial charge is 0.416 e. The minimum Gasteiger partial charge on any atom is -0.396 e. The van der Waals surface area contributed by atoms with E-state index in [4.69, 9.17) is 5.11 Å². The molecule has 0 fully saturated rings. The molecule has 0 aliphatic heterocycles. The second kappa shape index (κ2) is 7.14. The Bertz CT molecular complexity index is 449. The number of rotatable bonds is 5. The molecule has 1 atom stereocenters. The Balaban J connectivity index is 2.54. The summed E-state index contributed by atoms with van der Waals surface area (Å²) in [5.41, 5.74) is -0.740. The minimum absolute atomic E-state index is 0.0259. The highest BCUT2D eigenvalue weighted by molar-refractivity contribution is 5.89. The van der Waals surface area contributed by atoms with Crippen LogP contribution < -0.4 is 10.6 Å². The van der Waals surface area contributed by atoms with Gasteiger partial charge in [-0.05, 0) is 30.5 Å². The van der Waals surface area contributed by atoms with Crippen molar-refractivity contribution in [2.45, 2.75) is 19.5 Å². The van der Waals surface area contributed by atoms with E-state index in [9.17, 15) is 18.0 Å². The number of anilines is 1. The first-order valence-corrected chi connectivity index (χ1v) is 6.16. The number of carbonyl (C=O) groups excluding carboxylic acids is 1. The molecule has 0 heterocycles. The molecule has 112 valence electrons. The topological polar surface area (TPSA) is 61.4 Å². The van der Waals surface area contributed by atoms with E-state index in [0.717, 1.165) is 12.1 Å². The first kappa shape index (κ1) is 16.3. The molecule has 0 aliphatic carbocycles. The first-order chi connectivity index (χ1) is 9.32. The van der Waals surface area contributed by atoms with Crippen LogP contribution in [0.1, 0.15) is 18.9 Å². The van der Waals surface area contributed by atoms with Gasteiger partial charge in [0.2, 0.25) is 0 Å². The van der Waals surface area contributed by atoms with Crippen molar-refractivity contribution in [2.24, 2.45) is 5.92 Å². The Kier molecular flexibility index (Phi) is 5.82. The first-order valence-electron chi connectivity index (χ1n) is 6.16. The maximum atomic E-state index is 12.5. The van der Waals surface area contributed by atoms with Gasteiger partial charge in [-0.25, -0.2) is 4.79 Å². The Morgan fingerprint density at radius 1 is 1.40 bits per heavy atom. The number of nitrogens with one attached hydrogen (secondary N) is 2. The zero-order valence-corrected chi connectivity index (χ0v) is 11.0. The van der Waals surface area contributed by atoms with Gasteiger partial charge in [-0.2, -0.15) is 13.2 Å². The van der Waals surface area contributed by atoms with E-state index in [1.165, 1.54) is 12.1 Å². The summed E-state index contributed by atoms with van der Waals surface area (Å²) in [4.78, 5) is 11.5. The van der Waals surface area contributed by atoms with Gasteiger partial charge in [0.15, 0.2) is 0 Å². The normalized spacial score (nSPS) is 12.8. The smallest absolute Gasteiger partial charge is 0.396 e. The van der Waals surface area contributed by atoms with Gasteiger partial charge in [0.25, 0.3) is 0 Å². The zero-order chi connectivity index (χ0) is 15.2. The molecule has 0 aliphatic rings. The van der Waals surface area contributed by atoms with Gasteiger partial charge in [0, 0.05) is 18.8 Å². The third kappa shape index (κ3) is 5.48. The number of benzene rings is 1. The van der Waals surface area contributed by atoms with E-state index in [1.807, 2.05) is 6.92 Å². The molecule has 4 nitrogen and oxygen atoms in total. The van der Waals surface area contributed by atoms with E-state index in [0.29, 0.717) is 13.0 Å². The Morgan fingerprint density at radius 3 is 2.70 bits per heavy atom. The fraction of sp³-hybridized carbons (Fsp3) is 0.462. The summed E-state index contributed by atoms with van der Waals surface area (Å²) in [6.07, 6.45) is -3.90. The van der Waals surface area contributed by atoms with Crippen molar-refractivity contribution in [1.82, 2.24) is 5.32 Å². The summed E-state index contributed by atoms with van der Waals surface area (Å²) in [5, 5.41) is 13.6. The number of urea groups is 1. The van der Waals surface area contributed by atoms with Crippen LogP contribution in [0.2, 0.25) is 0 Å². The summed E-state index contributed by atoms with van der Waals surface area (Å²) in [6.45, 7) is 2.21. The molecule has 7 heteroatoms. The maximum Gasteiger partial charge on any atom is 0.416 e. The fourth-order valence-corrected chi connectivity index (χ4v) is 1.54. The summed E-state index contributed by atoms with van der Waals surface area (Å²) in [5.74, 6) is 0.0901. The molecule has 0 spiro atoms. The molecule has 20 heavy (non-hydrogen) atoms. The number of hydrogen-bond donors (Lipinski definition) is 3. The lowest BCUT2D eigenvalue weighted by atomic mass is 10.1. The molecular weight excluding hydrogens is 273 g/mol. The highest BCUT2D eigenvalue weighted by Crippen LogP contribution is 2.30. The Hall–Kier alpha value is -1.76. The summed E-state index contributed by atoms with van der Waals surface area (Å²) in [7, 11) is 0. The van der Waals surface area contributed by atoms with Crippen LogP contribution in [-0.4, -0.2) is 24.3 Å².